The molecule has 2 unspecified atom stereocenters. The van der Waals surface area contributed by atoms with Crippen LogP contribution in [-0.4, -0.2) is 51.5 Å². The van der Waals surface area contributed by atoms with Crippen molar-refractivity contribution in [3.8, 4) is 0 Å². The van der Waals surface area contributed by atoms with Gasteiger partial charge < -0.3 is 24.8 Å². The van der Waals surface area contributed by atoms with E-state index in [-0.39, 0.29) is 35.4 Å². The zero-order chi connectivity index (χ0) is 21.6. The number of hydrogen-bond donors (Lipinski definition) is 3. The summed E-state index contributed by atoms with van der Waals surface area (Å²) in [5, 5.41) is 33.4. The quantitative estimate of drug-likeness (QED) is 0.469. The van der Waals surface area contributed by atoms with Gasteiger partial charge in [-0.15, -0.1) is 0 Å². The number of carbonyl (C=O) groups excluding carboxylic acids is 1. The van der Waals surface area contributed by atoms with Gasteiger partial charge in [-0.2, -0.15) is 0 Å². The summed E-state index contributed by atoms with van der Waals surface area (Å²) in [5.41, 5.74) is -1.17. The number of aliphatic hydroxyl groups is 3. The minimum Gasteiger partial charge on any atom is -0.388 e. The number of aliphatic hydroxyl groups excluding tert-OH is 2. The molecule has 0 aromatic carbocycles. The van der Waals surface area contributed by atoms with Gasteiger partial charge in [-0.25, -0.2) is 0 Å². The van der Waals surface area contributed by atoms with Gasteiger partial charge in [0.1, 0.15) is 6.10 Å². The first kappa shape index (κ1) is 19.6. The minimum absolute atomic E-state index is 0.0368. The van der Waals surface area contributed by atoms with E-state index < -0.39 is 40.0 Å². The van der Waals surface area contributed by atoms with Gasteiger partial charge in [0.05, 0.1) is 18.1 Å². The highest BCUT2D eigenvalue weighted by Gasteiger charge is 2.91. The first-order valence-corrected chi connectivity index (χ1v) is 11.2. The van der Waals surface area contributed by atoms with E-state index in [1.807, 2.05) is 26.0 Å². The van der Waals surface area contributed by atoms with Crippen molar-refractivity contribution in [1.82, 2.24) is 0 Å². The van der Waals surface area contributed by atoms with Gasteiger partial charge >= 0.3 is 0 Å². The zero-order valence-electron chi connectivity index (χ0n) is 18.1. The summed E-state index contributed by atoms with van der Waals surface area (Å²) in [6.45, 7) is 11.4. The second-order valence-corrected chi connectivity index (χ2v) is 11.7. The minimum atomic E-state index is -1.62. The molecule has 6 nitrogen and oxygen atoms in total. The molecule has 3 N–H and O–H groups in total. The van der Waals surface area contributed by atoms with Crippen LogP contribution in [0, 0.1) is 45.8 Å². The molecule has 10 atom stereocenters. The number of ketones is 1. The average molecular weight is 417 g/mol. The fourth-order valence-electron chi connectivity index (χ4n) is 8.94. The lowest BCUT2D eigenvalue weighted by Crippen LogP contribution is -2.91. The van der Waals surface area contributed by atoms with E-state index in [2.05, 4.69) is 6.58 Å². The molecule has 7 rings (SSSR count). The normalized spacial score (nSPS) is 57.1. The van der Waals surface area contributed by atoms with Crippen molar-refractivity contribution in [2.75, 3.05) is 6.61 Å². The lowest BCUT2D eigenvalue weighted by molar-refractivity contribution is -0.495. The Morgan fingerprint density at radius 1 is 1.27 bits per heavy atom. The van der Waals surface area contributed by atoms with Gasteiger partial charge in [0.25, 0.3) is 0 Å². The molecule has 0 aromatic rings. The summed E-state index contributed by atoms with van der Waals surface area (Å²) in [6.07, 6.45) is 3.76. The van der Waals surface area contributed by atoms with Crippen LogP contribution >= 0.6 is 0 Å². The Morgan fingerprint density at radius 2 is 1.97 bits per heavy atom. The molecular weight excluding hydrogens is 384 g/mol. The predicted octanol–water partition coefficient (Wildman–Crippen LogP) is 1.79. The van der Waals surface area contributed by atoms with Gasteiger partial charge in [-0.05, 0) is 44.4 Å². The molecule has 30 heavy (non-hydrogen) atoms. The van der Waals surface area contributed by atoms with E-state index in [1.54, 1.807) is 0 Å². The standard InChI is InChI=1S/C24H32O6/c1-11-12-6-7-13-22-9-8-14(25)20(2,3)17(22)19(27)24(29-10-22,30-21(4,5)28)23(13)16(12)15(11)18(23)26/h8-9,12-17,19,25,27-28H,1,6-7,10H2,2-5H3/t12-,13?,14-,15?,16-,17+,19-,22+,23+,24-/m0/s1. The maximum Gasteiger partial charge on any atom is 0.211 e. The summed E-state index contributed by atoms with van der Waals surface area (Å²) >= 11 is 0. The van der Waals surface area contributed by atoms with Crippen molar-refractivity contribution in [2.24, 2.45) is 45.8 Å². The Labute approximate surface area is 176 Å². The molecule has 2 heterocycles. The molecule has 2 aliphatic heterocycles. The van der Waals surface area contributed by atoms with Crippen LogP contribution in [0.15, 0.2) is 24.3 Å². The Bertz CT molecular complexity index is 900. The van der Waals surface area contributed by atoms with Crippen molar-refractivity contribution < 1.29 is 29.6 Å². The first-order chi connectivity index (χ1) is 13.9. The van der Waals surface area contributed by atoms with Gasteiger partial charge in [-0.1, -0.05) is 38.2 Å². The highest BCUT2D eigenvalue weighted by molar-refractivity contribution is 6.01. The van der Waals surface area contributed by atoms with E-state index in [1.165, 1.54) is 13.8 Å². The second-order valence-electron chi connectivity index (χ2n) is 11.7. The van der Waals surface area contributed by atoms with E-state index in [0.717, 1.165) is 18.4 Å². The summed E-state index contributed by atoms with van der Waals surface area (Å²) in [7, 11) is 0. The maximum atomic E-state index is 13.8. The fourth-order valence-corrected chi connectivity index (χ4v) is 8.94. The molecule has 0 radical (unpaired) electrons. The summed E-state index contributed by atoms with van der Waals surface area (Å²) in [5.74, 6) is -3.49. The molecule has 2 spiro atoms. The van der Waals surface area contributed by atoms with Crippen LogP contribution in [0.25, 0.3) is 0 Å². The Hall–Kier alpha value is -1.05. The van der Waals surface area contributed by atoms with Crippen LogP contribution in [0.2, 0.25) is 0 Å². The number of ether oxygens (including phenoxy) is 2. The molecule has 0 aromatic heterocycles. The molecule has 4 saturated carbocycles. The van der Waals surface area contributed by atoms with Crippen LogP contribution in [0.1, 0.15) is 40.5 Å². The average Bonchev–Trinajstić information content (AvgIpc) is 2.63. The van der Waals surface area contributed by atoms with Gasteiger partial charge in [0.2, 0.25) is 5.79 Å². The Morgan fingerprint density at radius 3 is 2.63 bits per heavy atom. The number of fused-ring (bicyclic) bond motifs is 1. The van der Waals surface area contributed by atoms with Crippen molar-refractivity contribution in [2.45, 2.75) is 64.3 Å². The lowest BCUT2D eigenvalue weighted by atomic mass is 9.23. The summed E-state index contributed by atoms with van der Waals surface area (Å²) < 4.78 is 12.6. The van der Waals surface area contributed by atoms with E-state index in [4.69, 9.17) is 9.47 Å². The number of rotatable bonds is 2. The van der Waals surface area contributed by atoms with Crippen molar-refractivity contribution in [3.05, 3.63) is 24.3 Å². The molecule has 2 saturated heterocycles. The van der Waals surface area contributed by atoms with E-state index >= 15 is 0 Å². The van der Waals surface area contributed by atoms with Crippen molar-refractivity contribution in [3.63, 3.8) is 0 Å². The molecule has 2 bridgehead atoms. The van der Waals surface area contributed by atoms with Crippen LogP contribution in [0.3, 0.4) is 0 Å². The first-order valence-electron chi connectivity index (χ1n) is 11.2. The molecule has 0 amide bonds. The molecule has 6 fully saturated rings. The lowest BCUT2D eigenvalue weighted by Gasteiger charge is -2.83. The number of carbonyl (C=O) groups is 1. The number of allylic oxidation sites excluding steroid dienone is 1. The summed E-state index contributed by atoms with van der Waals surface area (Å²) in [4.78, 5) is 13.8. The predicted molar refractivity (Wildman–Crippen MR) is 107 cm³/mol. The second kappa shape index (κ2) is 5.12. The van der Waals surface area contributed by atoms with Gasteiger partial charge in [-0.3, -0.25) is 4.79 Å². The smallest absolute Gasteiger partial charge is 0.211 e. The largest absolute Gasteiger partial charge is 0.388 e. The van der Waals surface area contributed by atoms with Crippen LogP contribution in [0.4, 0.5) is 0 Å². The van der Waals surface area contributed by atoms with Gasteiger partial charge in [0.15, 0.2) is 11.6 Å². The van der Waals surface area contributed by atoms with Gasteiger partial charge in [0, 0.05) is 22.7 Å². The number of Topliss-reactive ketones (excluding diaryl/α,β-unsaturated/α-hetero) is 1. The maximum absolute atomic E-state index is 13.8. The highest BCUT2D eigenvalue weighted by atomic mass is 16.8. The van der Waals surface area contributed by atoms with E-state index in [0.29, 0.717) is 6.61 Å². The summed E-state index contributed by atoms with van der Waals surface area (Å²) in [6, 6.07) is 0. The monoisotopic (exact) mass is 416 g/mol. The molecule has 7 aliphatic rings. The van der Waals surface area contributed by atoms with E-state index in [9.17, 15) is 20.1 Å². The van der Waals surface area contributed by atoms with Crippen LogP contribution in [0.5, 0.6) is 0 Å². The molecule has 5 aliphatic carbocycles. The molecular formula is C24H32O6. The topological polar surface area (TPSA) is 96.2 Å². The Balaban J connectivity index is 1.62. The molecule has 6 heteroatoms. The Kier molecular flexibility index (Phi) is 3.35. The third kappa shape index (κ3) is 1.68. The SMILES string of the molecule is C=C1C2C(=O)[C@@]34C(CC[C@@H]1[C@@H]23)[C@]12C=C[C@H](O)C(C)(C)[C@H]1[C@H](O)[C@@]4(OC(C)(C)O)OC2. The zero-order valence-corrected chi connectivity index (χ0v) is 18.1. The van der Waals surface area contributed by atoms with Crippen LogP contribution in [-0.2, 0) is 14.3 Å². The highest BCUT2D eigenvalue weighted by Crippen LogP contribution is 2.83. The number of hydrogen-bond acceptors (Lipinski definition) is 6. The van der Waals surface area contributed by atoms with Crippen LogP contribution < -0.4 is 0 Å². The van der Waals surface area contributed by atoms with Crippen molar-refractivity contribution in [1.29, 1.82) is 0 Å². The third-order valence-corrected chi connectivity index (χ3v) is 9.80. The van der Waals surface area contributed by atoms with Crippen molar-refractivity contribution >= 4 is 5.78 Å². The molecule has 164 valence electrons. The fraction of sp³-hybridized carbons (Fsp3) is 0.792. The third-order valence-electron chi connectivity index (χ3n) is 9.80.